The number of halogens is 1. The second-order valence-corrected chi connectivity index (χ2v) is 5.59. The molecule has 1 saturated heterocycles. The van der Waals surface area contributed by atoms with Gasteiger partial charge in [-0.3, -0.25) is 0 Å². The lowest BCUT2D eigenvalue weighted by Crippen LogP contribution is -2.37. The van der Waals surface area contributed by atoms with Gasteiger partial charge in [0.25, 0.3) is 0 Å². The fourth-order valence-electron chi connectivity index (χ4n) is 2.17. The molecule has 1 aromatic heterocycles. The van der Waals surface area contributed by atoms with Crippen LogP contribution >= 0.6 is 23.4 Å². The lowest BCUT2D eigenvalue weighted by atomic mass is 10.2. The Labute approximate surface area is 110 Å². The van der Waals surface area contributed by atoms with Crippen molar-refractivity contribution in [3.05, 3.63) is 11.0 Å². The third-order valence-corrected chi connectivity index (χ3v) is 4.37. The molecule has 0 N–H and O–H groups in total. The Morgan fingerprint density at radius 2 is 2.06 bits per heavy atom. The quantitative estimate of drug-likeness (QED) is 0.731. The van der Waals surface area contributed by atoms with E-state index in [1.54, 1.807) is 0 Å². The number of thioether (sulfide) groups is 1. The summed E-state index contributed by atoms with van der Waals surface area (Å²) in [5.74, 6) is 2.16. The lowest BCUT2D eigenvalue weighted by molar-refractivity contribution is 0.122. The zero-order valence-corrected chi connectivity index (χ0v) is 11.1. The SMILES string of the molecule is Clc1nc2c(c(N3CCOCC3)n1)SCCC2. The van der Waals surface area contributed by atoms with Crippen LogP contribution in [0.5, 0.6) is 0 Å². The average Bonchev–Trinajstić information content (AvgIpc) is 2.39. The highest BCUT2D eigenvalue weighted by Crippen LogP contribution is 2.36. The predicted octanol–water partition coefficient (Wildman–Crippen LogP) is 2.00. The van der Waals surface area contributed by atoms with Crippen LogP contribution in [0, 0.1) is 0 Å². The molecule has 0 amide bonds. The first kappa shape index (κ1) is 11.6. The summed E-state index contributed by atoms with van der Waals surface area (Å²) in [5.41, 5.74) is 1.11. The number of rotatable bonds is 1. The van der Waals surface area contributed by atoms with E-state index in [9.17, 15) is 0 Å². The van der Waals surface area contributed by atoms with E-state index in [1.807, 2.05) is 11.8 Å². The lowest BCUT2D eigenvalue weighted by Gasteiger charge is -2.30. The third-order valence-electron chi connectivity index (χ3n) is 3.01. The van der Waals surface area contributed by atoms with Gasteiger partial charge in [-0.15, -0.1) is 11.8 Å². The van der Waals surface area contributed by atoms with Crippen LogP contribution in [0.25, 0.3) is 0 Å². The molecule has 2 aliphatic rings. The Hall–Kier alpha value is -0.520. The van der Waals surface area contributed by atoms with Gasteiger partial charge in [-0.25, -0.2) is 4.98 Å². The van der Waals surface area contributed by atoms with Crippen molar-refractivity contribution >= 4 is 29.2 Å². The molecule has 1 aromatic rings. The van der Waals surface area contributed by atoms with Crippen LogP contribution < -0.4 is 4.90 Å². The van der Waals surface area contributed by atoms with Gasteiger partial charge in [0.05, 0.1) is 23.8 Å². The fraction of sp³-hybridized carbons (Fsp3) is 0.636. The molecule has 0 aromatic carbocycles. The first-order chi connectivity index (χ1) is 8.34. The first-order valence-corrected chi connectivity index (χ1v) is 7.23. The number of aryl methyl sites for hydroxylation is 1. The van der Waals surface area contributed by atoms with Crippen LogP contribution in [0.2, 0.25) is 5.28 Å². The summed E-state index contributed by atoms with van der Waals surface area (Å²) < 4.78 is 5.37. The highest BCUT2D eigenvalue weighted by atomic mass is 35.5. The molecule has 1 fully saturated rings. The number of anilines is 1. The van der Waals surface area contributed by atoms with Crippen LogP contribution in [0.1, 0.15) is 12.1 Å². The Bertz CT molecular complexity index is 423. The summed E-state index contributed by atoms with van der Waals surface area (Å²) in [6, 6.07) is 0. The van der Waals surface area contributed by atoms with Crippen LogP contribution in [0.4, 0.5) is 5.82 Å². The summed E-state index contributed by atoms with van der Waals surface area (Å²) in [6.45, 7) is 3.31. The van der Waals surface area contributed by atoms with Gasteiger partial charge in [0.1, 0.15) is 5.82 Å². The van der Waals surface area contributed by atoms with Crippen molar-refractivity contribution in [1.82, 2.24) is 9.97 Å². The molecule has 6 heteroatoms. The van der Waals surface area contributed by atoms with E-state index >= 15 is 0 Å². The average molecular weight is 272 g/mol. The van der Waals surface area contributed by atoms with Crippen LogP contribution in [-0.4, -0.2) is 42.0 Å². The summed E-state index contributed by atoms with van der Waals surface area (Å²) in [5, 5.41) is 0.368. The topological polar surface area (TPSA) is 38.2 Å². The van der Waals surface area contributed by atoms with Gasteiger partial charge < -0.3 is 9.64 Å². The minimum Gasteiger partial charge on any atom is -0.378 e. The molecule has 92 valence electrons. The van der Waals surface area contributed by atoms with E-state index in [-0.39, 0.29) is 0 Å². The maximum absolute atomic E-state index is 6.01. The minimum atomic E-state index is 0.368. The number of morpholine rings is 1. The molecular formula is C11H14ClN3OS. The second kappa shape index (κ2) is 5.00. The van der Waals surface area contributed by atoms with Crippen molar-refractivity contribution in [2.75, 3.05) is 37.0 Å². The van der Waals surface area contributed by atoms with Gasteiger partial charge in [0.2, 0.25) is 5.28 Å². The highest BCUT2D eigenvalue weighted by molar-refractivity contribution is 7.99. The van der Waals surface area contributed by atoms with Crippen molar-refractivity contribution < 1.29 is 4.74 Å². The molecule has 17 heavy (non-hydrogen) atoms. The number of hydrogen-bond acceptors (Lipinski definition) is 5. The molecule has 3 rings (SSSR count). The number of hydrogen-bond donors (Lipinski definition) is 0. The molecule has 3 heterocycles. The van der Waals surface area contributed by atoms with E-state index in [0.717, 1.165) is 50.0 Å². The van der Waals surface area contributed by atoms with E-state index in [4.69, 9.17) is 16.3 Å². The summed E-state index contributed by atoms with van der Waals surface area (Å²) >= 11 is 7.86. The first-order valence-electron chi connectivity index (χ1n) is 5.86. The molecular weight excluding hydrogens is 258 g/mol. The molecule has 0 unspecified atom stereocenters. The van der Waals surface area contributed by atoms with Gasteiger partial charge in [-0.1, -0.05) is 0 Å². The fourth-order valence-corrected chi connectivity index (χ4v) is 3.47. The zero-order chi connectivity index (χ0) is 11.7. The number of ether oxygens (including phenoxy) is 1. The molecule has 0 aliphatic carbocycles. The summed E-state index contributed by atoms with van der Waals surface area (Å²) in [6.07, 6.45) is 2.19. The molecule has 0 bridgehead atoms. The summed E-state index contributed by atoms with van der Waals surface area (Å²) in [7, 11) is 0. The van der Waals surface area contributed by atoms with Crippen LogP contribution in [0.3, 0.4) is 0 Å². The highest BCUT2D eigenvalue weighted by Gasteiger charge is 2.23. The Balaban J connectivity index is 1.98. The largest absolute Gasteiger partial charge is 0.378 e. The van der Waals surface area contributed by atoms with Crippen molar-refractivity contribution in [2.45, 2.75) is 17.7 Å². The van der Waals surface area contributed by atoms with Gasteiger partial charge in [-0.05, 0) is 30.2 Å². The van der Waals surface area contributed by atoms with Crippen molar-refractivity contribution in [2.24, 2.45) is 0 Å². The smallest absolute Gasteiger partial charge is 0.224 e. The van der Waals surface area contributed by atoms with Crippen molar-refractivity contribution in [3.8, 4) is 0 Å². The summed E-state index contributed by atoms with van der Waals surface area (Å²) in [4.78, 5) is 12.2. The predicted molar refractivity (Wildman–Crippen MR) is 69.1 cm³/mol. The molecule has 4 nitrogen and oxygen atoms in total. The van der Waals surface area contributed by atoms with Crippen LogP contribution in [0.15, 0.2) is 4.90 Å². The Kier molecular flexibility index (Phi) is 3.40. The van der Waals surface area contributed by atoms with Gasteiger partial charge in [0, 0.05) is 13.1 Å². The number of aromatic nitrogens is 2. The van der Waals surface area contributed by atoms with E-state index < -0.39 is 0 Å². The van der Waals surface area contributed by atoms with Gasteiger partial charge in [-0.2, -0.15) is 4.98 Å². The van der Waals surface area contributed by atoms with Crippen molar-refractivity contribution in [3.63, 3.8) is 0 Å². The van der Waals surface area contributed by atoms with E-state index in [1.165, 1.54) is 11.3 Å². The maximum Gasteiger partial charge on any atom is 0.224 e. The molecule has 0 radical (unpaired) electrons. The number of nitrogens with zero attached hydrogens (tertiary/aromatic N) is 3. The van der Waals surface area contributed by atoms with Crippen molar-refractivity contribution in [1.29, 1.82) is 0 Å². The van der Waals surface area contributed by atoms with E-state index in [0.29, 0.717) is 5.28 Å². The van der Waals surface area contributed by atoms with E-state index in [2.05, 4.69) is 14.9 Å². The van der Waals surface area contributed by atoms with Gasteiger partial charge >= 0.3 is 0 Å². The second-order valence-electron chi connectivity index (χ2n) is 4.14. The number of fused-ring (bicyclic) bond motifs is 1. The zero-order valence-electron chi connectivity index (χ0n) is 9.49. The molecule has 2 aliphatic heterocycles. The Morgan fingerprint density at radius 1 is 1.24 bits per heavy atom. The molecule has 0 spiro atoms. The van der Waals surface area contributed by atoms with Crippen LogP contribution in [-0.2, 0) is 11.2 Å². The van der Waals surface area contributed by atoms with Gasteiger partial charge in [0.15, 0.2) is 0 Å². The monoisotopic (exact) mass is 271 g/mol. The third kappa shape index (κ3) is 2.37. The molecule has 0 atom stereocenters. The maximum atomic E-state index is 6.01. The standard InChI is InChI=1S/C11H14ClN3OS/c12-11-13-8-2-1-7-17-9(8)10(14-11)15-3-5-16-6-4-15/h1-7H2. The molecule has 0 saturated carbocycles. The Morgan fingerprint density at radius 3 is 2.88 bits per heavy atom. The normalized spacial score (nSPS) is 20.2. The minimum absolute atomic E-state index is 0.368.